The highest BCUT2D eigenvalue weighted by Crippen LogP contribution is 2.49. The lowest BCUT2D eigenvalue weighted by molar-refractivity contribution is 0.896. The summed E-state index contributed by atoms with van der Waals surface area (Å²) in [5, 5.41) is 0. The van der Waals surface area contributed by atoms with Crippen LogP contribution in [0.4, 0.5) is 5.69 Å². The molecule has 5 heteroatoms. The van der Waals surface area contributed by atoms with E-state index in [0.29, 0.717) is 0 Å². The molecule has 1 aliphatic rings. The van der Waals surface area contributed by atoms with E-state index in [4.69, 9.17) is 0 Å². The average Bonchev–Trinajstić information content (AvgIpc) is 3.06. The number of fused-ring (bicyclic) bond motifs is 3. The van der Waals surface area contributed by atoms with E-state index in [1.54, 1.807) is 0 Å². The predicted molar refractivity (Wildman–Crippen MR) is 122 cm³/mol. The normalized spacial score (nSPS) is 12.8. The zero-order valence-corrected chi connectivity index (χ0v) is 18.6. The first-order valence-corrected chi connectivity index (χ1v) is 12.2. The second-order valence-electron chi connectivity index (χ2n) is 6.22. The predicted octanol–water partition coefficient (Wildman–Crippen LogP) is 8.10. The molecule has 1 aliphatic heterocycles. The number of benzene rings is 2. The van der Waals surface area contributed by atoms with E-state index in [1.807, 2.05) is 35.0 Å². The molecule has 0 aliphatic carbocycles. The van der Waals surface area contributed by atoms with Gasteiger partial charge in [0.2, 0.25) is 0 Å². The Bertz CT molecular complexity index is 889. The summed E-state index contributed by atoms with van der Waals surface area (Å²) in [5.74, 6) is 1.21. The molecule has 0 radical (unpaired) electrons. The van der Waals surface area contributed by atoms with Crippen LogP contribution in [0.3, 0.4) is 0 Å². The Labute approximate surface area is 176 Å². The van der Waals surface area contributed by atoms with E-state index in [1.165, 1.54) is 53.9 Å². The molecule has 0 bridgehead atoms. The van der Waals surface area contributed by atoms with Crippen molar-refractivity contribution in [3.8, 4) is 10.4 Å². The number of rotatable bonds is 6. The molecular formula is C21H20BrNS3. The Morgan fingerprint density at radius 2 is 1.85 bits per heavy atom. The van der Waals surface area contributed by atoms with Gasteiger partial charge in [-0.15, -0.1) is 23.1 Å². The third-order valence-electron chi connectivity index (χ3n) is 4.33. The number of anilines is 1. The Morgan fingerprint density at radius 1 is 1.08 bits per heavy atom. The first kappa shape index (κ1) is 18.5. The molecule has 0 N–H and O–H groups in total. The molecule has 0 unspecified atom stereocenters. The monoisotopic (exact) mass is 461 g/mol. The Hall–Kier alpha value is -0.880. The van der Waals surface area contributed by atoms with Gasteiger partial charge < -0.3 is 4.31 Å². The molecule has 0 fully saturated rings. The standard InChI is InChI=1S/C21H20BrNS3/c1-2-3-12-24-16-8-10-17(11-9-16)26-23-14-15-6-4-5-7-18(15)21-19(23)13-20(22)25-21/h4-11,13H,2-3,12,14H2,1H3. The van der Waals surface area contributed by atoms with Gasteiger partial charge in [-0.25, -0.2) is 0 Å². The summed E-state index contributed by atoms with van der Waals surface area (Å²) in [5.41, 5.74) is 4.08. The number of thioether (sulfide) groups is 1. The van der Waals surface area contributed by atoms with Crippen LogP contribution in [0.1, 0.15) is 25.3 Å². The lowest BCUT2D eigenvalue weighted by Gasteiger charge is -2.29. The third kappa shape index (κ3) is 4.01. The van der Waals surface area contributed by atoms with Gasteiger partial charge in [0.25, 0.3) is 0 Å². The minimum Gasteiger partial charge on any atom is -0.306 e. The number of thiophene rings is 1. The van der Waals surface area contributed by atoms with Crippen LogP contribution in [0.5, 0.6) is 0 Å². The molecule has 0 spiro atoms. The summed E-state index contributed by atoms with van der Waals surface area (Å²) in [4.78, 5) is 4.02. The molecule has 0 atom stereocenters. The third-order valence-corrected chi connectivity index (χ3v) is 8.12. The number of hydrogen-bond donors (Lipinski definition) is 0. The van der Waals surface area contributed by atoms with Gasteiger partial charge >= 0.3 is 0 Å². The van der Waals surface area contributed by atoms with Gasteiger partial charge in [-0.2, -0.15) is 0 Å². The zero-order chi connectivity index (χ0) is 17.9. The molecule has 3 aromatic rings. The quantitative estimate of drug-likeness (QED) is 0.207. The SMILES string of the molecule is CCCCSc1ccc(SN2Cc3ccccc3-c3sc(Br)cc32)cc1. The highest BCUT2D eigenvalue weighted by atomic mass is 79.9. The van der Waals surface area contributed by atoms with Crippen molar-refractivity contribution in [2.45, 2.75) is 36.1 Å². The fraction of sp³-hybridized carbons (Fsp3) is 0.238. The smallest absolute Gasteiger partial charge is 0.0726 e. The molecule has 26 heavy (non-hydrogen) atoms. The van der Waals surface area contributed by atoms with Crippen molar-refractivity contribution in [3.63, 3.8) is 0 Å². The van der Waals surface area contributed by atoms with Gasteiger partial charge in [0.05, 0.1) is 20.9 Å². The maximum absolute atomic E-state index is 3.68. The van der Waals surface area contributed by atoms with E-state index in [2.05, 4.69) is 81.8 Å². The molecule has 134 valence electrons. The van der Waals surface area contributed by atoms with Crippen LogP contribution in [0.15, 0.2) is 68.2 Å². The van der Waals surface area contributed by atoms with Gasteiger partial charge in [-0.05, 0) is 81.5 Å². The van der Waals surface area contributed by atoms with E-state index < -0.39 is 0 Å². The van der Waals surface area contributed by atoms with Crippen molar-refractivity contribution in [2.24, 2.45) is 0 Å². The second-order valence-corrected chi connectivity index (χ2v) is 10.9. The fourth-order valence-electron chi connectivity index (χ4n) is 2.99. The number of hydrogen-bond acceptors (Lipinski definition) is 4. The summed E-state index contributed by atoms with van der Waals surface area (Å²) >= 11 is 9.28. The summed E-state index contributed by atoms with van der Waals surface area (Å²) in [6.45, 7) is 3.18. The van der Waals surface area contributed by atoms with Crippen LogP contribution in [0.2, 0.25) is 0 Å². The Morgan fingerprint density at radius 3 is 2.65 bits per heavy atom. The highest BCUT2D eigenvalue weighted by Gasteiger charge is 2.25. The van der Waals surface area contributed by atoms with E-state index in [0.717, 1.165) is 6.54 Å². The summed E-state index contributed by atoms with van der Waals surface area (Å²) in [6.07, 6.45) is 2.54. The molecule has 2 aromatic carbocycles. The van der Waals surface area contributed by atoms with E-state index >= 15 is 0 Å². The first-order chi connectivity index (χ1) is 12.7. The van der Waals surface area contributed by atoms with Crippen LogP contribution >= 0.6 is 51.0 Å². The van der Waals surface area contributed by atoms with Crippen LogP contribution < -0.4 is 4.31 Å². The minimum absolute atomic E-state index is 0.935. The van der Waals surface area contributed by atoms with Gasteiger partial charge in [-0.1, -0.05) is 37.6 Å². The zero-order valence-electron chi connectivity index (χ0n) is 14.6. The number of unbranched alkanes of at least 4 members (excludes halogenated alkanes) is 1. The van der Waals surface area contributed by atoms with Crippen molar-refractivity contribution in [1.82, 2.24) is 0 Å². The molecular weight excluding hydrogens is 442 g/mol. The fourth-order valence-corrected chi connectivity index (χ4v) is 6.65. The van der Waals surface area contributed by atoms with Crippen molar-refractivity contribution < 1.29 is 0 Å². The van der Waals surface area contributed by atoms with E-state index in [9.17, 15) is 0 Å². The van der Waals surface area contributed by atoms with Crippen molar-refractivity contribution in [3.05, 3.63) is 63.9 Å². The van der Waals surface area contributed by atoms with Gasteiger partial charge in [-0.3, -0.25) is 0 Å². The van der Waals surface area contributed by atoms with E-state index in [-0.39, 0.29) is 0 Å². The number of nitrogens with zero attached hydrogens (tertiary/aromatic N) is 1. The summed E-state index contributed by atoms with van der Waals surface area (Å²) < 4.78 is 3.60. The molecule has 0 amide bonds. The van der Waals surface area contributed by atoms with Crippen LogP contribution in [0, 0.1) is 0 Å². The first-order valence-electron chi connectivity index (χ1n) is 8.80. The second kappa shape index (κ2) is 8.42. The Kier molecular flexibility index (Phi) is 5.99. The van der Waals surface area contributed by atoms with Crippen LogP contribution in [-0.2, 0) is 6.54 Å². The topological polar surface area (TPSA) is 3.24 Å². The van der Waals surface area contributed by atoms with Gasteiger partial charge in [0.1, 0.15) is 0 Å². The molecule has 4 rings (SSSR count). The molecule has 2 heterocycles. The molecule has 1 nitrogen and oxygen atoms in total. The Balaban J connectivity index is 1.54. The van der Waals surface area contributed by atoms with Crippen molar-refractivity contribution in [1.29, 1.82) is 0 Å². The van der Waals surface area contributed by atoms with Crippen LogP contribution in [-0.4, -0.2) is 5.75 Å². The lowest BCUT2D eigenvalue weighted by Crippen LogP contribution is -2.17. The number of halogens is 1. The average molecular weight is 463 g/mol. The molecule has 0 saturated carbocycles. The minimum atomic E-state index is 0.935. The van der Waals surface area contributed by atoms with Gasteiger partial charge in [0.15, 0.2) is 0 Å². The lowest BCUT2D eigenvalue weighted by atomic mass is 10.0. The van der Waals surface area contributed by atoms with Crippen molar-refractivity contribution in [2.75, 3.05) is 10.1 Å². The largest absolute Gasteiger partial charge is 0.306 e. The van der Waals surface area contributed by atoms with Gasteiger partial charge in [0, 0.05) is 9.79 Å². The van der Waals surface area contributed by atoms with Crippen LogP contribution in [0.25, 0.3) is 10.4 Å². The summed E-state index contributed by atoms with van der Waals surface area (Å²) in [7, 11) is 0. The highest BCUT2D eigenvalue weighted by molar-refractivity contribution is 9.11. The molecule has 1 aromatic heterocycles. The molecule has 0 saturated heterocycles. The maximum atomic E-state index is 3.68. The van der Waals surface area contributed by atoms with Crippen molar-refractivity contribution >= 4 is 56.7 Å². The maximum Gasteiger partial charge on any atom is 0.0726 e. The summed E-state index contributed by atoms with van der Waals surface area (Å²) in [6, 6.07) is 20.0.